The lowest BCUT2D eigenvalue weighted by molar-refractivity contribution is 0.102. The molecule has 1 amide bonds. The molecule has 1 N–H and O–H groups in total. The zero-order valence-electron chi connectivity index (χ0n) is 15.3. The summed E-state index contributed by atoms with van der Waals surface area (Å²) in [6.45, 7) is 1.86. The Kier molecular flexibility index (Phi) is 4.68. The van der Waals surface area contributed by atoms with E-state index in [1.54, 1.807) is 42.5 Å². The summed E-state index contributed by atoms with van der Waals surface area (Å²) in [4.78, 5) is 30.4. The lowest BCUT2D eigenvalue weighted by Crippen LogP contribution is -2.16. The van der Waals surface area contributed by atoms with Crippen molar-refractivity contribution in [3.8, 4) is 0 Å². The van der Waals surface area contributed by atoms with E-state index in [1.165, 1.54) is 0 Å². The van der Waals surface area contributed by atoms with Crippen molar-refractivity contribution in [1.29, 1.82) is 0 Å². The van der Waals surface area contributed by atoms with Crippen molar-refractivity contribution in [3.63, 3.8) is 0 Å². The predicted molar refractivity (Wildman–Crippen MR) is 111 cm³/mol. The Bertz CT molecular complexity index is 1180. The van der Waals surface area contributed by atoms with Crippen LogP contribution in [0, 0.1) is 6.92 Å². The number of pyridine rings is 1. The average Bonchev–Trinajstić information content (AvgIpc) is 2.73. The van der Waals surface area contributed by atoms with E-state index in [2.05, 4.69) is 10.3 Å². The second-order valence-electron chi connectivity index (χ2n) is 6.52. The van der Waals surface area contributed by atoms with Gasteiger partial charge in [-0.2, -0.15) is 0 Å². The number of benzene rings is 3. The Morgan fingerprint density at radius 1 is 0.786 bits per heavy atom. The maximum atomic E-state index is 13.0. The molecule has 0 saturated carbocycles. The smallest absolute Gasteiger partial charge is 0.256 e. The highest BCUT2D eigenvalue weighted by atomic mass is 16.2. The van der Waals surface area contributed by atoms with E-state index in [9.17, 15) is 9.59 Å². The Balaban J connectivity index is 1.71. The van der Waals surface area contributed by atoms with E-state index in [0.717, 1.165) is 16.6 Å². The van der Waals surface area contributed by atoms with Gasteiger partial charge in [0.25, 0.3) is 5.91 Å². The summed E-state index contributed by atoms with van der Waals surface area (Å²) < 4.78 is 0. The minimum atomic E-state index is -0.269. The third kappa shape index (κ3) is 3.40. The highest BCUT2D eigenvalue weighted by Crippen LogP contribution is 2.23. The largest absolute Gasteiger partial charge is 0.321 e. The molecule has 4 nitrogen and oxygen atoms in total. The number of para-hydroxylation sites is 2. The molecule has 0 fully saturated rings. The van der Waals surface area contributed by atoms with Crippen LogP contribution in [0.25, 0.3) is 10.9 Å². The van der Waals surface area contributed by atoms with Gasteiger partial charge in [0.15, 0.2) is 5.78 Å². The van der Waals surface area contributed by atoms with Crippen molar-refractivity contribution in [1.82, 2.24) is 4.98 Å². The van der Waals surface area contributed by atoms with Gasteiger partial charge in [0.05, 0.1) is 16.8 Å². The fourth-order valence-electron chi connectivity index (χ4n) is 3.22. The molecule has 28 heavy (non-hydrogen) atoms. The maximum Gasteiger partial charge on any atom is 0.256 e. The molecular formula is C24H18N2O2. The quantitative estimate of drug-likeness (QED) is 0.516. The van der Waals surface area contributed by atoms with Crippen LogP contribution >= 0.6 is 0 Å². The second-order valence-corrected chi connectivity index (χ2v) is 6.52. The van der Waals surface area contributed by atoms with Gasteiger partial charge < -0.3 is 5.32 Å². The second kappa shape index (κ2) is 7.45. The Hall–Kier alpha value is -3.79. The van der Waals surface area contributed by atoms with Crippen LogP contribution in [-0.2, 0) is 0 Å². The molecule has 0 aliphatic heterocycles. The van der Waals surface area contributed by atoms with Crippen molar-refractivity contribution in [2.75, 3.05) is 5.32 Å². The number of rotatable bonds is 4. The first-order valence-corrected chi connectivity index (χ1v) is 9.00. The van der Waals surface area contributed by atoms with Gasteiger partial charge in [0.1, 0.15) is 0 Å². The molecule has 0 aliphatic carbocycles. The molecule has 0 atom stereocenters. The first-order chi connectivity index (χ1) is 13.6. The number of aromatic nitrogens is 1. The number of hydrogen-bond acceptors (Lipinski definition) is 3. The van der Waals surface area contributed by atoms with Gasteiger partial charge in [-0.15, -0.1) is 0 Å². The summed E-state index contributed by atoms with van der Waals surface area (Å²) in [5.41, 5.74) is 3.58. The molecule has 136 valence electrons. The first kappa shape index (κ1) is 17.6. The van der Waals surface area contributed by atoms with E-state index in [1.807, 2.05) is 49.4 Å². The average molecular weight is 366 g/mol. The molecule has 0 aliphatic rings. The predicted octanol–water partition coefficient (Wildman–Crippen LogP) is 5.03. The third-order valence-electron chi connectivity index (χ3n) is 4.54. The Morgan fingerprint density at radius 2 is 1.46 bits per heavy atom. The van der Waals surface area contributed by atoms with Crippen LogP contribution in [-0.4, -0.2) is 16.7 Å². The van der Waals surface area contributed by atoms with Crippen LogP contribution in [0.3, 0.4) is 0 Å². The number of ketones is 1. The van der Waals surface area contributed by atoms with Gasteiger partial charge in [0.2, 0.25) is 0 Å². The number of amides is 1. The molecular weight excluding hydrogens is 348 g/mol. The molecule has 0 spiro atoms. The van der Waals surface area contributed by atoms with Crippen molar-refractivity contribution < 1.29 is 9.59 Å². The fourth-order valence-corrected chi connectivity index (χ4v) is 3.22. The number of fused-ring (bicyclic) bond motifs is 1. The number of hydrogen-bond donors (Lipinski definition) is 1. The van der Waals surface area contributed by atoms with Crippen LogP contribution in [0.4, 0.5) is 5.69 Å². The molecule has 1 aromatic heterocycles. The van der Waals surface area contributed by atoms with Crippen molar-refractivity contribution in [2.24, 2.45) is 0 Å². The molecule has 0 unspecified atom stereocenters. The van der Waals surface area contributed by atoms with Crippen LogP contribution in [0.2, 0.25) is 0 Å². The molecule has 0 bridgehead atoms. The lowest BCUT2D eigenvalue weighted by atomic mass is 10.0. The summed E-state index contributed by atoms with van der Waals surface area (Å²) in [6.07, 6.45) is 0. The minimum absolute atomic E-state index is 0.132. The van der Waals surface area contributed by atoms with Gasteiger partial charge in [-0.3, -0.25) is 14.6 Å². The summed E-state index contributed by atoms with van der Waals surface area (Å²) in [5, 5.41) is 3.68. The van der Waals surface area contributed by atoms with E-state index in [-0.39, 0.29) is 11.7 Å². The van der Waals surface area contributed by atoms with Crippen molar-refractivity contribution >= 4 is 28.3 Å². The third-order valence-corrected chi connectivity index (χ3v) is 4.54. The highest BCUT2D eigenvalue weighted by molar-refractivity contribution is 6.17. The minimum Gasteiger partial charge on any atom is -0.321 e. The van der Waals surface area contributed by atoms with Gasteiger partial charge in [-0.25, -0.2) is 0 Å². The number of carbonyl (C=O) groups excluding carboxylic acids is 2. The first-order valence-electron chi connectivity index (χ1n) is 9.00. The summed E-state index contributed by atoms with van der Waals surface area (Å²) in [6, 6.07) is 25.4. The zero-order valence-corrected chi connectivity index (χ0v) is 15.3. The van der Waals surface area contributed by atoms with E-state index >= 15 is 0 Å². The van der Waals surface area contributed by atoms with Gasteiger partial charge >= 0.3 is 0 Å². The topological polar surface area (TPSA) is 59.1 Å². The number of nitrogens with zero attached hydrogens (tertiary/aromatic N) is 1. The number of nitrogens with one attached hydrogen (secondary N) is 1. The van der Waals surface area contributed by atoms with Gasteiger partial charge in [-0.1, -0.05) is 60.7 Å². The highest BCUT2D eigenvalue weighted by Gasteiger charge is 2.17. The standard InChI is InChI=1S/C24H18N2O2/c1-16-15-20(18-11-5-7-13-21(18)25-16)24(28)26-22-14-8-6-12-19(22)23(27)17-9-3-2-4-10-17/h2-15H,1H3,(H,26,28). The summed E-state index contributed by atoms with van der Waals surface area (Å²) in [7, 11) is 0. The zero-order chi connectivity index (χ0) is 19.5. The molecule has 0 radical (unpaired) electrons. The van der Waals surface area contributed by atoms with Crippen LogP contribution in [0.15, 0.2) is 84.9 Å². The fraction of sp³-hybridized carbons (Fsp3) is 0.0417. The van der Waals surface area contributed by atoms with Crippen LogP contribution in [0.5, 0.6) is 0 Å². The van der Waals surface area contributed by atoms with Gasteiger partial charge in [-0.05, 0) is 31.2 Å². The van der Waals surface area contributed by atoms with E-state index in [0.29, 0.717) is 22.4 Å². The Morgan fingerprint density at radius 3 is 2.29 bits per heavy atom. The Labute approximate surface area is 162 Å². The summed E-state index contributed by atoms with van der Waals surface area (Å²) in [5.74, 6) is -0.401. The van der Waals surface area contributed by atoms with Crippen molar-refractivity contribution in [3.05, 3.63) is 107 Å². The number of anilines is 1. The molecule has 0 saturated heterocycles. The van der Waals surface area contributed by atoms with Crippen LogP contribution in [0.1, 0.15) is 32.0 Å². The monoisotopic (exact) mass is 366 g/mol. The molecule has 4 rings (SSSR count). The SMILES string of the molecule is Cc1cc(C(=O)Nc2ccccc2C(=O)c2ccccc2)c2ccccc2n1. The molecule has 3 aromatic carbocycles. The summed E-state index contributed by atoms with van der Waals surface area (Å²) >= 11 is 0. The van der Waals surface area contributed by atoms with E-state index < -0.39 is 0 Å². The maximum absolute atomic E-state index is 13.0. The van der Waals surface area contributed by atoms with Crippen molar-refractivity contribution in [2.45, 2.75) is 6.92 Å². The normalized spacial score (nSPS) is 10.6. The number of carbonyl (C=O) groups is 2. The molecule has 4 aromatic rings. The van der Waals surface area contributed by atoms with Gasteiger partial charge in [0, 0.05) is 22.2 Å². The van der Waals surface area contributed by atoms with Crippen LogP contribution < -0.4 is 5.32 Å². The molecule has 4 heteroatoms. The molecule has 1 heterocycles. The number of aryl methyl sites for hydroxylation is 1. The van der Waals surface area contributed by atoms with E-state index in [4.69, 9.17) is 0 Å². The lowest BCUT2D eigenvalue weighted by Gasteiger charge is -2.12.